The molecule has 2 aliphatic rings. The fourth-order valence-electron chi connectivity index (χ4n) is 3.47. The molecular formula is C19H29N3O4S. The Hall–Kier alpha value is -1.48. The van der Waals surface area contributed by atoms with Crippen LogP contribution in [-0.4, -0.2) is 75.5 Å². The number of hydrogen-bond acceptors (Lipinski definition) is 5. The molecule has 0 spiro atoms. The summed E-state index contributed by atoms with van der Waals surface area (Å²) in [6, 6.07) is 6.92. The van der Waals surface area contributed by atoms with Gasteiger partial charge in [0.1, 0.15) is 0 Å². The highest BCUT2D eigenvalue weighted by Gasteiger charge is 2.32. The molecule has 1 atom stereocenters. The number of piperazine rings is 1. The summed E-state index contributed by atoms with van der Waals surface area (Å²) in [7, 11) is -3.76. The number of amides is 1. The number of nitrogens with zero attached hydrogens (tertiary/aromatic N) is 2. The summed E-state index contributed by atoms with van der Waals surface area (Å²) in [5, 5.41) is 3.20. The van der Waals surface area contributed by atoms with Gasteiger partial charge in [-0.15, -0.1) is 0 Å². The van der Waals surface area contributed by atoms with Crippen LogP contribution < -0.4 is 5.32 Å². The van der Waals surface area contributed by atoms with Crippen LogP contribution in [0.2, 0.25) is 0 Å². The molecule has 1 N–H and O–H groups in total. The van der Waals surface area contributed by atoms with Crippen molar-refractivity contribution in [3.8, 4) is 0 Å². The summed E-state index contributed by atoms with van der Waals surface area (Å²) in [6.45, 7) is 5.45. The first-order chi connectivity index (χ1) is 13.0. The SMILES string of the molecule is CCc1ccc(S(=O)(=O)N(CC(=O)N2CCNCC2)CC2CCCO2)cc1. The molecule has 8 heteroatoms. The van der Waals surface area contributed by atoms with Crippen molar-refractivity contribution in [2.24, 2.45) is 0 Å². The Bertz CT molecular complexity index is 724. The van der Waals surface area contributed by atoms with E-state index in [2.05, 4.69) is 5.32 Å². The molecule has 3 rings (SSSR count). The van der Waals surface area contributed by atoms with Gasteiger partial charge in [0, 0.05) is 39.3 Å². The highest BCUT2D eigenvalue weighted by Crippen LogP contribution is 2.21. The molecule has 1 amide bonds. The second-order valence-electron chi connectivity index (χ2n) is 7.06. The molecule has 2 fully saturated rings. The third-order valence-electron chi connectivity index (χ3n) is 5.18. The number of ether oxygens (including phenoxy) is 1. The Morgan fingerprint density at radius 2 is 1.96 bits per heavy atom. The minimum atomic E-state index is -3.76. The van der Waals surface area contributed by atoms with Crippen LogP contribution in [0.25, 0.3) is 0 Å². The van der Waals surface area contributed by atoms with Gasteiger partial charge in [-0.3, -0.25) is 4.79 Å². The number of benzene rings is 1. The summed E-state index contributed by atoms with van der Waals surface area (Å²) in [5.74, 6) is -0.150. The van der Waals surface area contributed by atoms with Crippen molar-refractivity contribution in [1.29, 1.82) is 0 Å². The third kappa shape index (κ3) is 5.07. The van der Waals surface area contributed by atoms with Gasteiger partial charge in [0.15, 0.2) is 0 Å². The molecule has 1 aromatic rings. The fourth-order valence-corrected chi connectivity index (χ4v) is 4.90. The lowest BCUT2D eigenvalue weighted by Crippen LogP contribution is -2.51. The van der Waals surface area contributed by atoms with E-state index in [1.54, 1.807) is 17.0 Å². The summed E-state index contributed by atoms with van der Waals surface area (Å²) in [4.78, 5) is 14.7. The Labute approximate surface area is 161 Å². The molecule has 7 nitrogen and oxygen atoms in total. The van der Waals surface area contributed by atoms with E-state index in [-0.39, 0.29) is 30.0 Å². The van der Waals surface area contributed by atoms with Crippen LogP contribution in [0.4, 0.5) is 0 Å². The minimum absolute atomic E-state index is 0.141. The van der Waals surface area contributed by atoms with Crippen molar-refractivity contribution < 1.29 is 17.9 Å². The predicted octanol–water partition coefficient (Wildman–Crippen LogP) is 0.851. The van der Waals surface area contributed by atoms with Crippen LogP contribution in [0, 0.1) is 0 Å². The lowest BCUT2D eigenvalue weighted by molar-refractivity contribution is -0.132. The predicted molar refractivity (Wildman–Crippen MR) is 103 cm³/mol. The molecule has 150 valence electrons. The fraction of sp³-hybridized carbons (Fsp3) is 0.632. The van der Waals surface area contributed by atoms with E-state index in [0.29, 0.717) is 19.7 Å². The Morgan fingerprint density at radius 1 is 1.26 bits per heavy atom. The van der Waals surface area contributed by atoms with Gasteiger partial charge in [-0.1, -0.05) is 19.1 Å². The van der Waals surface area contributed by atoms with Gasteiger partial charge < -0.3 is 15.0 Å². The zero-order valence-electron chi connectivity index (χ0n) is 15.9. The normalized spacial score (nSPS) is 21.0. The Balaban J connectivity index is 1.79. The smallest absolute Gasteiger partial charge is 0.243 e. The molecule has 0 saturated carbocycles. The lowest BCUT2D eigenvalue weighted by Gasteiger charge is -2.31. The van der Waals surface area contributed by atoms with E-state index in [4.69, 9.17) is 4.74 Å². The van der Waals surface area contributed by atoms with Crippen molar-refractivity contribution >= 4 is 15.9 Å². The van der Waals surface area contributed by atoms with E-state index in [1.165, 1.54) is 4.31 Å². The maximum atomic E-state index is 13.2. The molecule has 1 unspecified atom stereocenters. The van der Waals surface area contributed by atoms with E-state index in [9.17, 15) is 13.2 Å². The first kappa shape index (κ1) is 20.3. The van der Waals surface area contributed by atoms with Crippen molar-refractivity contribution in [3.05, 3.63) is 29.8 Å². The van der Waals surface area contributed by atoms with Crippen molar-refractivity contribution in [2.45, 2.75) is 37.2 Å². The second-order valence-corrected chi connectivity index (χ2v) is 9.00. The highest BCUT2D eigenvalue weighted by molar-refractivity contribution is 7.89. The van der Waals surface area contributed by atoms with Crippen LogP contribution in [-0.2, 0) is 26.0 Å². The largest absolute Gasteiger partial charge is 0.377 e. The molecule has 0 aliphatic carbocycles. The van der Waals surface area contributed by atoms with Crippen LogP contribution in [0.1, 0.15) is 25.3 Å². The van der Waals surface area contributed by atoms with E-state index < -0.39 is 10.0 Å². The molecule has 2 saturated heterocycles. The monoisotopic (exact) mass is 395 g/mol. The summed E-state index contributed by atoms with van der Waals surface area (Å²) in [5.41, 5.74) is 1.08. The molecule has 2 aliphatic heterocycles. The van der Waals surface area contributed by atoms with E-state index in [1.807, 2.05) is 19.1 Å². The topological polar surface area (TPSA) is 79.0 Å². The molecular weight excluding hydrogens is 366 g/mol. The zero-order valence-corrected chi connectivity index (χ0v) is 16.7. The number of carbonyl (C=O) groups excluding carboxylic acids is 1. The van der Waals surface area contributed by atoms with Gasteiger partial charge in [-0.05, 0) is 37.0 Å². The van der Waals surface area contributed by atoms with Gasteiger partial charge in [0.2, 0.25) is 15.9 Å². The van der Waals surface area contributed by atoms with Crippen molar-refractivity contribution in [3.63, 3.8) is 0 Å². The van der Waals surface area contributed by atoms with Gasteiger partial charge in [0.25, 0.3) is 0 Å². The van der Waals surface area contributed by atoms with E-state index in [0.717, 1.165) is 37.9 Å². The maximum absolute atomic E-state index is 13.2. The van der Waals surface area contributed by atoms with Crippen LogP contribution in [0.15, 0.2) is 29.2 Å². The first-order valence-corrected chi connectivity index (χ1v) is 11.1. The summed E-state index contributed by atoms with van der Waals surface area (Å²) in [6.07, 6.45) is 2.45. The number of hydrogen-bond donors (Lipinski definition) is 1. The Morgan fingerprint density at radius 3 is 2.56 bits per heavy atom. The van der Waals surface area contributed by atoms with Crippen molar-refractivity contribution in [2.75, 3.05) is 45.9 Å². The number of nitrogens with one attached hydrogen (secondary N) is 1. The van der Waals surface area contributed by atoms with E-state index >= 15 is 0 Å². The van der Waals surface area contributed by atoms with Crippen molar-refractivity contribution in [1.82, 2.24) is 14.5 Å². The lowest BCUT2D eigenvalue weighted by atomic mass is 10.2. The van der Waals surface area contributed by atoms with Gasteiger partial charge in [-0.25, -0.2) is 8.42 Å². The van der Waals surface area contributed by atoms with Crippen LogP contribution >= 0.6 is 0 Å². The number of rotatable bonds is 7. The third-order valence-corrected chi connectivity index (χ3v) is 7.01. The van der Waals surface area contributed by atoms with Gasteiger partial charge >= 0.3 is 0 Å². The quantitative estimate of drug-likeness (QED) is 0.741. The summed E-state index contributed by atoms with van der Waals surface area (Å²) < 4.78 is 33.4. The molecule has 0 radical (unpaired) electrons. The first-order valence-electron chi connectivity index (χ1n) is 9.70. The van der Waals surface area contributed by atoms with Crippen LogP contribution in [0.3, 0.4) is 0 Å². The Kier molecular flexibility index (Phi) is 6.86. The zero-order chi connectivity index (χ0) is 19.3. The van der Waals surface area contributed by atoms with Gasteiger partial charge in [0.05, 0.1) is 17.5 Å². The number of aryl methyl sites for hydroxylation is 1. The van der Waals surface area contributed by atoms with Gasteiger partial charge in [-0.2, -0.15) is 4.31 Å². The minimum Gasteiger partial charge on any atom is -0.377 e. The standard InChI is InChI=1S/C19H29N3O4S/c1-2-16-5-7-18(8-6-16)27(24,25)22(14-17-4-3-13-26-17)15-19(23)21-11-9-20-10-12-21/h5-8,17,20H,2-4,9-15H2,1H3. The molecule has 1 aromatic carbocycles. The molecule has 2 heterocycles. The second kappa shape index (κ2) is 9.14. The number of carbonyl (C=O) groups is 1. The molecule has 0 aromatic heterocycles. The maximum Gasteiger partial charge on any atom is 0.243 e. The highest BCUT2D eigenvalue weighted by atomic mass is 32.2. The molecule has 0 bridgehead atoms. The number of sulfonamides is 1. The molecule has 27 heavy (non-hydrogen) atoms. The van der Waals surface area contributed by atoms with Crippen LogP contribution in [0.5, 0.6) is 0 Å². The average molecular weight is 396 g/mol. The summed E-state index contributed by atoms with van der Waals surface area (Å²) >= 11 is 0. The average Bonchev–Trinajstić information content (AvgIpc) is 3.21.